The number of hydrogen-bond acceptors (Lipinski definition) is 2. The SMILES string of the molecule is CCCCC1CCC(CNCCCCN2CCCC2)CC1. The van der Waals surface area contributed by atoms with Gasteiger partial charge in [-0.3, -0.25) is 0 Å². The summed E-state index contributed by atoms with van der Waals surface area (Å²) in [5.74, 6) is 2.03. The predicted octanol–water partition coefficient (Wildman–Crippen LogP) is 4.45. The molecule has 1 aliphatic carbocycles. The van der Waals surface area contributed by atoms with Crippen LogP contribution in [0.1, 0.15) is 77.6 Å². The van der Waals surface area contributed by atoms with E-state index in [1.165, 1.54) is 103 Å². The molecule has 1 saturated heterocycles. The van der Waals surface area contributed by atoms with Crippen LogP contribution >= 0.6 is 0 Å². The summed E-state index contributed by atoms with van der Waals surface area (Å²) < 4.78 is 0. The fourth-order valence-electron chi connectivity index (χ4n) is 4.11. The standard InChI is InChI=1S/C19H38N2/c1-2-3-8-18-9-11-19(12-10-18)17-20-13-4-5-14-21-15-6-7-16-21/h18-20H,2-17H2,1H3. The molecule has 0 bridgehead atoms. The lowest BCUT2D eigenvalue weighted by Crippen LogP contribution is -2.28. The van der Waals surface area contributed by atoms with E-state index in [1.54, 1.807) is 0 Å². The van der Waals surface area contributed by atoms with Crippen LogP contribution in [0.5, 0.6) is 0 Å². The Kier molecular flexibility index (Phi) is 8.73. The summed E-state index contributed by atoms with van der Waals surface area (Å²) in [6.07, 6.45) is 15.9. The number of nitrogens with one attached hydrogen (secondary N) is 1. The van der Waals surface area contributed by atoms with Crippen LogP contribution in [-0.2, 0) is 0 Å². The van der Waals surface area contributed by atoms with Crippen molar-refractivity contribution in [3.63, 3.8) is 0 Å². The van der Waals surface area contributed by atoms with Crippen molar-refractivity contribution in [1.29, 1.82) is 0 Å². The van der Waals surface area contributed by atoms with Crippen LogP contribution in [0.4, 0.5) is 0 Å². The summed E-state index contributed by atoms with van der Waals surface area (Å²) in [4.78, 5) is 2.64. The first-order valence-electron chi connectivity index (χ1n) is 9.81. The second kappa shape index (κ2) is 10.6. The maximum atomic E-state index is 3.72. The second-order valence-electron chi connectivity index (χ2n) is 7.49. The Morgan fingerprint density at radius 3 is 2.33 bits per heavy atom. The molecule has 1 saturated carbocycles. The van der Waals surface area contributed by atoms with E-state index >= 15 is 0 Å². The highest BCUT2D eigenvalue weighted by atomic mass is 15.1. The van der Waals surface area contributed by atoms with Crippen molar-refractivity contribution >= 4 is 0 Å². The van der Waals surface area contributed by atoms with E-state index in [1.807, 2.05) is 0 Å². The molecule has 0 atom stereocenters. The zero-order valence-electron chi connectivity index (χ0n) is 14.4. The fraction of sp³-hybridized carbons (Fsp3) is 1.00. The quantitative estimate of drug-likeness (QED) is 0.599. The van der Waals surface area contributed by atoms with Crippen LogP contribution in [-0.4, -0.2) is 37.6 Å². The minimum absolute atomic E-state index is 0.974. The Hall–Kier alpha value is -0.0800. The highest BCUT2D eigenvalue weighted by molar-refractivity contribution is 4.74. The van der Waals surface area contributed by atoms with Gasteiger partial charge in [-0.2, -0.15) is 0 Å². The van der Waals surface area contributed by atoms with Crippen molar-refractivity contribution in [2.45, 2.75) is 77.6 Å². The molecule has 1 aliphatic heterocycles. The van der Waals surface area contributed by atoms with Gasteiger partial charge in [0.05, 0.1) is 0 Å². The van der Waals surface area contributed by atoms with Crippen LogP contribution < -0.4 is 5.32 Å². The van der Waals surface area contributed by atoms with E-state index in [0.29, 0.717) is 0 Å². The van der Waals surface area contributed by atoms with Crippen molar-refractivity contribution in [2.75, 3.05) is 32.7 Å². The largest absolute Gasteiger partial charge is 0.316 e. The molecule has 0 unspecified atom stereocenters. The Morgan fingerprint density at radius 1 is 0.905 bits per heavy atom. The van der Waals surface area contributed by atoms with Gasteiger partial charge in [0.1, 0.15) is 0 Å². The zero-order chi connectivity index (χ0) is 14.8. The fourth-order valence-corrected chi connectivity index (χ4v) is 4.11. The van der Waals surface area contributed by atoms with Crippen molar-refractivity contribution < 1.29 is 0 Å². The first-order valence-corrected chi connectivity index (χ1v) is 9.81. The van der Waals surface area contributed by atoms with Gasteiger partial charge in [0.2, 0.25) is 0 Å². The molecule has 0 aromatic carbocycles. The molecule has 2 nitrogen and oxygen atoms in total. The van der Waals surface area contributed by atoms with Crippen LogP contribution in [0.15, 0.2) is 0 Å². The third-order valence-electron chi connectivity index (χ3n) is 5.64. The minimum Gasteiger partial charge on any atom is -0.316 e. The van der Waals surface area contributed by atoms with Crippen molar-refractivity contribution in [2.24, 2.45) is 11.8 Å². The van der Waals surface area contributed by atoms with Crippen molar-refractivity contribution in [1.82, 2.24) is 10.2 Å². The Morgan fingerprint density at radius 2 is 1.62 bits per heavy atom. The summed E-state index contributed by atoms with van der Waals surface area (Å²) in [7, 11) is 0. The maximum Gasteiger partial charge on any atom is -0.00183 e. The molecular weight excluding hydrogens is 256 g/mol. The third-order valence-corrected chi connectivity index (χ3v) is 5.64. The molecule has 1 N–H and O–H groups in total. The molecule has 2 fully saturated rings. The lowest BCUT2D eigenvalue weighted by molar-refractivity contribution is 0.253. The van der Waals surface area contributed by atoms with E-state index in [9.17, 15) is 0 Å². The van der Waals surface area contributed by atoms with Gasteiger partial charge in [-0.15, -0.1) is 0 Å². The molecule has 2 heteroatoms. The molecule has 0 aromatic rings. The van der Waals surface area contributed by atoms with Gasteiger partial charge in [-0.1, -0.05) is 39.0 Å². The van der Waals surface area contributed by atoms with E-state index < -0.39 is 0 Å². The number of likely N-dealkylation sites (tertiary alicyclic amines) is 1. The summed E-state index contributed by atoms with van der Waals surface area (Å²) in [6.45, 7) is 8.89. The van der Waals surface area contributed by atoms with Crippen molar-refractivity contribution in [3.8, 4) is 0 Å². The predicted molar refractivity (Wildman–Crippen MR) is 92.8 cm³/mol. The van der Waals surface area contributed by atoms with Gasteiger partial charge in [-0.05, 0) is 83.1 Å². The molecule has 0 spiro atoms. The van der Waals surface area contributed by atoms with Gasteiger partial charge in [-0.25, -0.2) is 0 Å². The normalized spacial score (nSPS) is 27.3. The van der Waals surface area contributed by atoms with E-state index in [0.717, 1.165) is 11.8 Å². The number of nitrogens with zero attached hydrogens (tertiary/aromatic N) is 1. The van der Waals surface area contributed by atoms with Crippen LogP contribution in [0, 0.1) is 11.8 Å². The smallest absolute Gasteiger partial charge is 0.00183 e. The van der Waals surface area contributed by atoms with Crippen LogP contribution in [0.3, 0.4) is 0 Å². The van der Waals surface area contributed by atoms with E-state index in [2.05, 4.69) is 17.1 Å². The lowest BCUT2D eigenvalue weighted by atomic mass is 9.80. The molecule has 0 radical (unpaired) electrons. The van der Waals surface area contributed by atoms with Gasteiger partial charge in [0.25, 0.3) is 0 Å². The van der Waals surface area contributed by atoms with E-state index in [-0.39, 0.29) is 0 Å². The number of rotatable bonds is 10. The minimum atomic E-state index is 0.974. The van der Waals surface area contributed by atoms with Gasteiger partial charge in [0.15, 0.2) is 0 Å². The van der Waals surface area contributed by atoms with E-state index in [4.69, 9.17) is 0 Å². The van der Waals surface area contributed by atoms with Gasteiger partial charge in [0, 0.05) is 0 Å². The molecule has 2 rings (SSSR count). The Bertz CT molecular complexity index is 240. The zero-order valence-corrected chi connectivity index (χ0v) is 14.4. The molecular formula is C19H38N2. The highest BCUT2D eigenvalue weighted by Crippen LogP contribution is 2.31. The molecule has 0 aromatic heterocycles. The average molecular weight is 295 g/mol. The molecule has 21 heavy (non-hydrogen) atoms. The van der Waals surface area contributed by atoms with Gasteiger partial charge >= 0.3 is 0 Å². The number of unbranched alkanes of at least 4 members (excludes halogenated alkanes) is 2. The first kappa shape index (κ1) is 17.3. The molecule has 1 heterocycles. The second-order valence-corrected chi connectivity index (χ2v) is 7.49. The third kappa shape index (κ3) is 7.15. The first-order chi connectivity index (χ1) is 10.4. The summed E-state index contributed by atoms with van der Waals surface area (Å²) in [5, 5.41) is 3.72. The summed E-state index contributed by atoms with van der Waals surface area (Å²) in [6, 6.07) is 0. The van der Waals surface area contributed by atoms with Crippen LogP contribution in [0.2, 0.25) is 0 Å². The monoisotopic (exact) mass is 294 g/mol. The van der Waals surface area contributed by atoms with Crippen molar-refractivity contribution in [3.05, 3.63) is 0 Å². The molecule has 124 valence electrons. The summed E-state index contributed by atoms with van der Waals surface area (Å²) in [5.41, 5.74) is 0. The van der Waals surface area contributed by atoms with Crippen LogP contribution in [0.25, 0.3) is 0 Å². The lowest BCUT2D eigenvalue weighted by Gasteiger charge is -2.28. The number of hydrogen-bond donors (Lipinski definition) is 1. The summed E-state index contributed by atoms with van der Waals surface area (Å²) >= 11 is 0. The molecule has 2 aliphatic rings. The maximum absolute atomic E-state index is 3.72. The highest BCUT2D eigenvalue weighted by Gasteiger charge is 2.20. The Labute approximate surface area is 133 Å². The Balaban J connectivity index is 1.39. The van der Waals surface area contributed by atoms with Gasteiger partial charge < -0.3 is 10.2 Å². The average Bonchev–Trinajstić information content (AvgIpc) is 3.03. The molecule has 0 amide bonds. The topological polar surface area (TPSA) is 15.3 Å².